The van der Waals surface area contributed by atoms with Crippen molar-refractivity contribution in [1.29, 1.82) is 0 Å². The summed E-state index contributed by atoms with van der Waals surface area (Å²) in [5.74, 6) is 1.06. The van der Waals surface area contributed by atoms with Gasteiger partial charge in [-0.3, -0.25) is 0 Å². The lowest BCUT2D eigenvalue weighted by atomic mass is 10.1. The Hall–Kier alpha value is -1.84. The summed E-state index contributed by atoms with van der Waals surface area (Å²) in [6.45, 7) is 4.40. The Bertz CT molecular complexity index is 671. The van der Waals surface area contributed by atoms with Gasteiger partial charge in [0.05, 0.1) is 16.6 Å². The Labute approximate surface area is 124 Å². The topological polar surface area (TPSA) is 55.1 Å². The highest BCUT2D eigenvalue weighted by Gasteiger charge is 2.26. The van der Waals surface area contributed by atoms with Crippen molar-refractivity contribution in [2.75, 3.05) is 0 Å². The summed E-state index contributed by atoms with van der Waals surface area (Å²) in [5, 5.41) is 9.13. The molecule has 1 aliphatic carbocycles. The maximum atomic E-state index is 11.1. The maximum Gasteiger partial charge on any atom is 0.335 e. The third-order valence-electron chi connectivity index (χ3n) is 4.30. The first-order valence-electron chi connectivity index (χ1n) is 7.84. The summed E-state index contributed by atoms with van der Waals surface area (Å²) in [5.41, 5.74) is 2.18. The van der Waals surface area contributed by atoms with E-state index in [9.17, 15) is 4.79 Å². The molecule has 1 aromatic heterocycles. The molecule has 4 heteroatoms. The molecule has 4 nitrogen and oxygen atoms in total. The van der Waals surface area contributed by atoms with Gasteiger partial charge in [0.2, 0.25) is 0 Å². The van der Waals surface area contributed by atoms with Crippen LogP contribution >= 0.6 is 0 Å². The van der Waals surface area contributed by atoms with Crippen LogP contribution in [0.1, 0.15) is 61.8 Å². The smallest absolute Gasteiger partial charge is 0.335 e. The van der Waals surface area contributed by atoms with Gasteiger partial charge in [-0.1, -0.05) is 19.8 Å². The highest BCUT2D eigenvalue weighted by Crippen LogP contribution is 2.38. The predicted molar refractivity (Wildman–Crippen MR) is 82.7 cm³/mol. The first kappa shape index (κ1) is 14.1. The van der Waals surface area contributed by atoms with Gasteiger partial charge >= 0.3 is 5.97 Å². The number of carboxylic acid groups (broad SMARTS) is 1. The van der Waals surface area contributed by atoms with Crippen LogP contribution in [0.25, 0.3) is 11.0 Å². The third-order valence-corrected chi connectivity index (χ3v) is 4.30. The molecule has 2 aromatic rings. The zero-order valence-electron chi connectivity index (χ0n) is 12.7. The van der Waals surface area contributed by atoms with Crippen molar-refractivity contribution >= 4 is 17.0 Å². The van der Waals surface area contributed by atoms with Crippen molar-refractivity contribution in [1.82, 2.24) is 9.55 Å². The SMILES string of the molecule is CCCc1nc2cc(C(=O)O)ccc2n1C(C)CC1CC1. The van der Waals surface area contributed by atoms with Gasteiger partial charge in [-0.25, -0.2) is 9.78 Å². The monoisotopic (exact) mass is 286 g/mol. The minimum atomic E-state index is -0.894. The fraction of sp³-hybridized carbons (Fsp3) is 0.529. The van der Waals surface area contributed by atoms with E-state index in [1.807, 2.05) is 6.07 Å². The Morgan fingerprint density at radius 3 is 2.86 bits per heavy atom. The van der Waals surface area contributed by atoms with E-state index in [1.54, 1.807) is 12.1 Å². The van der Waals surface area contributed by atoms with Crippen LogP contribution in [0.5, 0.6) is 0 Å². The van der Waals surface area contributed by atoms with Crippen molar-refractivity contribution < 1.29 is 9.90 Å². The lowest BCUT2D eigenvalue weighted by Crippen LogP contribution is -2.10. The van der Waals surface area contributed by atoms with Gasteiger partial charge in [-0.2, -0.15) is 0 Å². The molecule has 1 atom stereocenters. The molecule has 1 aromatic carbocycles. The van der Waals surface area contributed by atoms with Crippen LogP contribution in [-0.2, 0) is 6.42 Å². The molecule has 0 aliphatic heterocycles. The number of hydrogen-bond donors (Lipinski definition) is 1. The summed E-state index contributed by atoms with van der Waals surface area (Å²) < 4.78 is 2.32. The summed E-state index contributed by atoms with van der Waals surface area (Å²) >= 11 is 0. The molecule has 21 heavy (non-hydrogen) atoms. The summed E-state index contributed by atoms with van der Waals surface area (Å²) in [6.07, 6.45) is 5.88. The first-order valence-corrected chi connectivity index (χ1v) is 7.84. The van der Waals surface area contributed by atoms with Crippen molar-refractivity contribution in [2.24, 2.45) is 5.92 Å². The lowest BCUT2D eigenvalue weighted by Gasteiger charge is -2.17. The largest absolute Gasteiger partial charge is 0.478 e. The highest BCUT2D eigenvalue weighted by molar-refractivity contribution is 5.92. The quantitative estimate of drug-likeness (QED) is 0.871. The average molecular weight is 286 g/mol. The summed E-state index contributed by atoms with van der Waals surface area (Å²) in [4.78, 5) is 15.8. The van der Waals surface area contributed by atoms with E-state index in [-0.39, 0.29) is 0 Å². The average Bonchev–Trinajstić information content (AvgIpc) is 3.17. The highest BCUT2D eigenvalue weighted by atomic mass is 16.4. The summed E-state index contributed by atoms with van der Waals surface area (Å²) in [6, 6.07) is 5.72. The molecule has 1 aliphatic rings. The number of hydrogen-bond acceptors (Lipinski definition) is 2. The molecule has 1 heterocycles. The molecule has 1 N–H and O–H groups in total. The van der Waals surface area contributed by atoms with E-state index in [0.717, 1.165) is 35.6 Å². The Balaban J connectivity index is 2.05. The molecule has 0 bridgehead atoms. The molecule has 3 rings (SSSR count). The van der Waals surface area contributed by atoms with Crippen LogP contribution in [0.3, 0.4) is 0 Å². The Morgan fingerprint density at radius 1 is 1.48 bits per heavy atom. The van der Waals surface area contributed by atoms with Gasteiger partial charge in [-0.05, 0) is 43.9 Å². The second-order valence-electron chi connectivity index (χ2n) is 6.18. The van der Waals surface area contributed by atoms with Crippen LogP contribution in [0, 0.1) is 5.92 Å². The fourth-order valence-corrected chi connectivity index (χ4v) is 3.11. The number of imidazole rings is 1. The van der Waals surface area contributed by atoms with E-state index >= 15 is 0 Å². The predicted octanol–water partition coefficient (Wildman–Crippen LogP) is 4.05. The Kier molecular flexibility index (Phi) is 3.70. The van der Waals surface area contributed by atoms with Gasteiger partial charge in [0.15, 0.2) is 0 Å². The van der Waals surface area contributed by atoms with Gasteiger partial charge in [-0.15, -0.1) is 0 Å². The Morgan fingerprint density at radius 2 is 2.24 bits per heavy atom. The second kappa shape index (κ2) is 5.51. The standard InChI is InChI=1S/C17H22N2O2/c1-3-4-16-18-14-10-13(17(20)21)7-8-15(14)19(16)11(2)9-12-5-6-12/h7-8,10-12H,3-6,9H2,1-2H3,(H,20,21). The minimum absolute atomic E-state index is 0.310. The number of rotatable bonds is 6. The fourth-order valence-electron chi connectivity index (χ4n) is 3.11. The van der Waals surface area contributed by atoms with E-state index in [0.29, 0.717) is 11.6 Å². The normalized spacial score (nSPS) is 16.3. The van der Waals surface area contributed by atoms with Gasteiger partial charge in [0, 0.05) is 12.5 Å². The number of fused-ring (bicyclic) bond motifs is 1. The zero-order chi connectivity index (χ0) is 15.0. The van der Waals surface area contributed by atoms with Crippen LogP contribution in [0.4, 0.5) is 0 Å². The van der Waals surface area contributed by atoms with Gasteiger partial charge in [0.25, 0.3) is 0 Å². The van der Waals surface area contributed by atoms with Gasteiger partial charge < -0.3 is 9.67 Å². The third kappa shape index (κ3) is 2.80. The summed E-state index contributed by atoms with van der Waals surface area (Å²) in [7, 11) is 0. The molecular weight excluding hydrogens is 264 g/mol. The van der Waals surface area contributed by atoms with Crippen molar-refractivity contribution in [3.05, 3.63) is 29.6 Å². The molecule has 0 spiro atoms. The number of aromatic nitrogens is 2. The van der Waals surface area contributed by atoms with E-state index in [4.69, 9.17) is 10.1 Å². The van der Waals surface area contributed by atoms with E-state index in [2.05, 4.69) is 18.4 Å². The van der Waals surface area contributed by atoms with Crippen molar-refractivity contribution in [2.45, 2.75) is 52.0 Å². The van der Waals surface area contributed by atoms with Gasteiger partial charge in [0.1, 0.15) is 5.82 Å². The number of carboxylic acids is 1. The number of carbonyl (C=O) groups is 1. The molecule has 112 valence electrons. The zero-order valence-corrected chi connectivity index (χ0v) is 12.7. The number of benzene rings is 1. The van der Waals surface area contributed by atoms with E-state index < -0.39 is 5.97 Å². The molecule has 0 saturated heterocycles. The number of aryl methyl sites for hydroxylation is 1. The van der Waals surface area contributed by atoms with E-state index in [1.165, 1.54) is 19.3 Å². The number of aromatic carboxylic acids is 1. The second-order valence-corrected chi connectivity index (χ2v) is 6.18. The lowest BCUT2D eigenvalue weighted by molar-refractivity contribution is 0.0697. The van der Waals surface area contributed by atoms with Crippen LogP contribution in [0.15, 0.2) is 18.2 Å². The minimum Gasteiger partial charge on any atom is -0.478 e. The maximum absolute atomic E-state index is 11.1. The first-order chi connectivity index (χ1) is 10.1. The van der Waals surface area contributed by atoms with Crippen LogP contribution < -0.4 is 0 Å². The number of nitrogens with zero attached hydrogens (tertiary/aromatic N) is 2. The molecule has 0 amide bonds. The molecule has 1 fully saturated rings. The van der Waals surface area contributed by atoms with Crippen molar-refractivity contribution in [3.63, 3.8) is 0 Å². The van der Waals surface area contributed by atoms with Crippen molar-refractivity contribution in [3.8, 4) is 0 Å². The molecule has 0 radical (unpaired) electrons. The molecular formula is C17H22N2O2. The molecule has 1 unspecified atom stereocenters. The van der Waals surface area contributed by atoms with Crippen LogP contribution in [0.2, 0.25) is 0 Å². The van der Waals surface area contributed by atoms with Crippen LogP contribution in [-0.4, -0.2) is 20.6 Å². The molecule has 1 saturated carbocycles.